The van der Waals surface area contributed by atoms with Crippen molar-refractivity contribution in [3.8, 4) is 17.2 Å². The summed E-state index contributed by atoms with van der Waals surface area (Å²) in [4.78, 5) is 16.6. The largest absolute Gasteiger partial charge is 0.493 e. The number of pyridine rings is 1. The van der Waals surface area contributed by atoms with Crippen LogP contribution in [0.2, 0.25) is 0 Å². The molecule has 2 N–H and O–H groups in total. The van der Waals surface area contributed by atoms with Gasteiger partial charge < -0.3 is 24.8 Å². The van der Waals surface area contributed by atoms with E-state index in [-0.39, 0.29) is 11.9 Å². The highest BCUT2D eigenvalue weighted by molar-refractivity contribution is 6.04. The maximum Gasteiger partial charge on any atom is 0.257 e. The molecule has 0 atom stereocenters. The van der Waals surface area contributed by atoms with E-state index in [4.69, 9.17) is 14.2 Å². The van der Waals surface area contributed by atoms with Crippen LogP contribution in [0.5, 0.6) is 17.2 Å². The molecule has 0 bridgehead atoms. The Labute approximate surface area is 147 Å². The zero-order chi connectivity index (χ0) is 18.4. The summed E-state index contributed by atoms with van der Waals surface area (Å²) in [6.07, 6.45) is 3.19. The van der Waals surface area contributed by atoms with Gasteiger partial charge in [0.15, 0.2) is 11.5 Å². The lowest BCUT2D eigenvalue weighted by Crippen LogP contribution is -2.14. The first-order valence-electron chi connectivity index (χ1n) is 7.81. The van der Waals surface area contributed by atoms with E-state index in [0.717, 1.165) is 5.69 Å². The lowest BCUT2D eigenvalue weighted by molar-refractivity contribution is 0.102. The number of hydrogen-bond acceptors (Lipinski definition) is 6. The molecule has 0 saturated heterocycles. The Hall–Kier alpha value is -2.96. The Bertz CT molecular complexity index is 722. The third-order valence-electron chi connectivity index (χ3n) is 3.38. The monoisotopic (exact) mass is 345 g/mol. The van der Waals surface area contributed by atoms with Crippen LogP contribution in [0, 0.1) is 0 Å². The number of nitrogens with one attached hydrogen (secondary N) is 2. The topological polar surface area (TPSA) is 81.7 Å². The van der Waals surface area contributed by atoms with E-state index < -0.39 is 0 Å². The summed E-state index contributed by atoms with van der Waals surface area (Å²) >= 11 is 0. The summed E-state index contributed by atoms with van der Waals surface area (Å²) in [6, 6.07) is 5.33. The summed E-state index contributed by atoms with van der Waals surface area (Å²) in [5.41, 5.74) is 1.76. The zero-order valence-corrected chi connectivity index (χ0v) is 15.0. The van der Waals surface area contributed by atoms with Crippen molar-refractivity contribution in [1.82, 2.24) is 4.98 Å². The third-order valence-corrected chi connectivity index (χ3v) is 3.38. The van der Waals surface area contributed by atoms with Gasteiger partial charge in [0.1, 0.15) is 0 Å². The molecule has 2 rings (SSSR count). The SMILES string of the molecule is COc1cc(NC(=O)c2cncc(NC(C)C)c2)cc(OC)c1OC. The van der Waals surface area contributed by atoms with E-state index >= 15 is 0 Å². The molecule has 7 heteroatoms. The number of benzene rings is 1. The van der Waals surface area contributed by atoms with Crippen LogP contribution in [0.3, 0.4) is 0 Å². The highest BCUT2D eigenvalue weighted by atomic mass is 16.5. The molecule has 0 fully saturated rings. The van der Waals surface area contributed by atoms with Crippen molar-refractivity contribution in [3.05, 3.63) is 36.2 Å². The fraction of sp³-hybridized carbons (Fsp3) is 0.333. The number of rotatable bonds is 7. The number of aromatic nitrogens is 1. The van der Waals surface area contributed by atoms with Gasteiger partial charge in [-0.2, -0.15) is 0 Å². The van der Waals surface area contributed by atoms with Crippen LogP contribution < -0.4 is 24.8 Å². The summed E-state index contributed by atoms with van der Waals surface area (Å²) in [5, 5.41) is 6.03. The first-order chi connectivity index (χ1) is 12.0. The molecule has 0 aliphatic heterocycles. The number of carbonyl (C=O) groups is 1. The number of methoxy groups -OCH3 is 3. The molecule has 1 amide bonds. The fourth-order valence-corrected chi connectivity index (χ4v) is 2.33. The molecule has 1 heterocycles. The van der Waals surface area contributed by atoms with Crippen molar-refractivity contribution >= 4 is 17.3 Å². The van der Waals surface area contributed by atoms with E-state index in [2.05, 4.69) is 15.6 Å². The van der Waals surface area contributed by atoms with Crippen LogP contribution in [-0.4, -0.2) is 38.3 Å². The minimum atomic E-state index is -0.283. The van der Waals surface area contributed by atoms with Crippen molar-refractivity contribution < 1.29 is 19.0 Å². The van der Waals surface area contributed by atoms with E-state index in [1.54, 1.807) is 24.4 Å². The molecule has 25 heavy (non-hydrogen) atoms. The molecule has 0 spiro atoms. The van der Waals surface area contributed by atoms with Gasteiger partial charge in [0.05, 0.1) is 32.6 Å². The standard InChI is InChI=1S/C18H23N3O4/c1-11(2)20-14-6-12(9-19-10-14)18(22)21-13-7-15(23-3)17(25-5)16(8-13)24-4/h6-11,20H,1-5H3,(H,21,22). The van der Waals surface area contributed by atoms with Crippen molar-refractivity contribution in [1.29, 1.82) is 0 Å². The maximum absolute atomic E-state index is 12.5. The second-order valence-electron chi connectivity index (χ2n) is 5.63. The lowest BCUT2D eigenvalue weighted by Gasteiger charge is -2.15. The molecule has 7 nitrogen and oxygen atoms in total. The van der Waals surface area contributed by atoms with Gasteiger partial charge in [-0.15, -0.1) is 0 Å². The molecule has 2 aromatic rings. The van der Waals surface area contributed by atoms with E-state index in [1.165, 1.54) is 27.5 Å². The smallest absolute Gasteiger partial charge is 0.257 e. The van der Waals surface area contributed by atoms with Gasteiger partial charge >= 0.3 is 0 Å². The van der Waals surface area contributed by atoms with Crippen molar-refractivity contribution in [2.75, 3.05) is 32.0 Å². The van der Waals surface area contributed by atoms with Crippen LogP contribution >= 0.6 is 0 Å². The minimum absolute atomic E-state index is 0.246. The summed E-state index contributed by atoms with van der Waals surface area (Å²) in [5.74, 6) is 1.11. The van der Waals surface area contributed by atoms with Crippen LogP contribution in [-0.2, 0) is 0 Å². The van der Waals surface area contributed by atoms with Crippen LogP contribution in [0.1, 0.15) is 24.2 Å². The fourth-order valence-electron chi connectivity index (χ4n) is 2.33. The van der Waals surface area contributed by atoms with Crippen LogP contribution in [0.4, 0.5) is 11.4 Å². The van der Waals surface area contributed by atoms with E-state index in [1.807, 2.05) is 13.8 Å². The molecule has 0 unspecified atom stereocenters. The van der Waals surface area contributed by atoms with Gasteiger partial charge in [0.25, 0.3) is 5.91 Å². The van der Waals surface area contributed by atoms with Gasteiger partial charge in [0.2, 0.25) is 5.75 Å². The van der Waals surface area contributed by atoms with Gasteiger partial charge in [-0.1, -0.05) is 0 Å². The maximum atomic E-state index is 12.5. The second kappa shape index (κ2) is 8.23. The number of anilines is 2. The summed E-state index contributed by atoms with van der Waals surface area (Å²) < 4.78 is 15.9. The zero-order valence-electron chi connectivity index (χ0n) is 15.0. The third kappa shape index (κ3) is 4.53. The van der Waals surface area contributed by atoms with Crippen molar-refractivity contribution in [3.63, 3.8) is 0 Å². The van der Waals surface area contributed by atoms with Crippen molar-refractivity contribution in [2.45, 2.75) is 19.9 Å². The molecule has 0 aliphatic carbocycles. The predicted octanol–water partition coefficient (Wildman–Crippen LogP) is 3.18. The van der Waals surface area contributed by atoms with Gasteiger partial charge in [-0.25, -0.2) is 0 Å². The number of carbonyl (C=O) groups excluding carboxylic acids is 1. The number of hydrogen-bond donors (Lipinski definition) is 2. The highest BCUT2D eigenvalue weighted by Gasteiger charge is 2.15. The molecule has 0 saturated carbocycles. The Morgan fingerprint density at radius 2 is 1.60 bits per heavy atom. The Morgan fingerprint density at radius 3 is 2.12 bits per heavy atom. The minimum Gasteiger partial charge on any atom is -0.493 e. The Kier molecular flexibility index (Phi) is 6.05. The molecule has 0 radical (unpaired) electrons. The first-order valence-corrected chi connectivity index (χ1v) is 7.81. The average molecular weight is 345 g/mol. The predicted molar refractivity (Wildman–Crippen MR) is 97.0 cm³/mol. The summed E-state index contributed by atoms with van der Waals surface area (Å²) in [7, 11) is 4.57. The van der Waals surface area contributed by atoms with E-state index in [0.29, 0.717) is 28.5 Å². The van der Waals surface area contributed by atoms with Gasteiger partial charge in [-0.05, 0) is 19.9 Å². The van der Waals surface area contributed by atoms with Crippen molar-refractivity contribution in [2.24, 2.45) is 0 Å². The molecule has 1 aromatic heterocycles. The quantitative estimate of drug-likeness (QED) is 0.802. The van der Waals surface area contributed by atoms with E-state index in [9.17, 15) is 4.79 Å². The number of ether oxygens (including phenoxy) is 3. The molecular weight excluding hydrogens is 322 g/mol. The average Bonchev–Trinajstić information content (AvgIpc) is 2.60. The molecule has 1 aromatic carbocycles. The molecular formula is C18H23N3O4. The summed E-state index contributed by atoms with van der Waals surface area (Å²) in [6.45, 7) is 4.03. The first kappa shape index (κ1) is 18.4. The van der Waals surface area contributed by atoms with Gasteiger partial charge in [0, 0.05) is 36.3 Å². The Morgan fingerprint density at radius 1 is 0.960 bits per heavy atom. The Balaban J connectivity index is 2.26. The second-order valence-corrected chi connectivity index (χ2v) is 5.63. The highest BCUT2D eigenvalue weighted by Crippen LogP contribution is 2.40. The number of nitrogens with zero attached hydrogens (tertiary/aromatic N) is 1. The number of amides is 1. The lowest BCUT2D eigenvalue weighted by atomic mass is 10.2. The normalized spacial score (nSPS) is 10.3. The van der Waals surface area contributed by atoms with Gasteiger partial charge in [-0.3, -0.25) is 9.78 Å². The van der Waals surface area contributed by atoms with Crippen LogP contribution in [0.25, 0.3) is 0 Å². The molecule has 134 valence electrons. The van der Waals surface area contributed by atoms with Crippen LogP contribution in [0.15, 0.2) is 30.6 Å². The molecule has 0 aliphatic rings.